The number of carbonyl (C=O) groups excluding carboxylic acids is 2. The zero-order valence-electron chi connectivity index (χ0n) is 15.0. The lowest BCUT2D eigenvalue weighted by molar-refractivity contribution is -0.134. The Labute approximate surface area is 148 Å². The maximum Gasteiger partial charge on any atom is 0.237 e. The third kappa shape index (κ3) is 4.72. The molecule has 2 N–H and O–H groups in total. The lowest BCUT2D eigenvalue weighted by Gasteiger charge is -2.34. The van der Waals surface area contributed by atoms with E-state index in [-0.39, 0.29) is 18.2 Å². The SMILES string of the molecule is COc1ccc(CN2CCNC(=O)[C@H]2CC(=O)NCC2CC2)cc1C. The minimum Gasteiger partial charge on any atom is -0.496 e. The molecule has 1 atom stereocenters. The Morgan fingerprint density at radius 3 is 2.88 bits per heavy atom. The summed E-state index contributed by atoms with van der Waals surface area (Å²) in [6, 6.07) is 5.64. The fourth-order valence-corrected chi connectivity index (χ4v) is 3.27. The van der Waals surface area contributed by atoms with E-state index < -0.39 is 6.04 Å². The molecule has 0 spiro atoms. The quantitative estimate of drug-likeness (QED) is 0.780. The van der Waals surface area contributed by atoms with E-state index in [2.05, 4.69) is 21.6 Å². The molecule has 2 aliphatic rings. The van der Waals surface area contributed by atoms with Gasteiger partial charge in [0, 0.05) is 26.2 Å². The lowest BCUT2D eigenvalue weighted by atomic mass is 10.1. The number of amides is 2. The molecule has 1 heterocycles. The van der Waals surface area contributed by atoms with Crippen molar-refractivity contribution in [2.45, 2.75) is 38.8 Å². The van der Waals surface area contributed by atoms with Crippen molar-refractivity contribution in [1.82, 2.24) is 15.5 Å². The molecule has 1 aromatic rings. The number of ether oxygens (including phenoxy) is 1. The molecule has 25 heavy (non-hydrogen) atoms. The van der Waals surface area contributed by atoms with Gasteiger partial charge < -0.3 is 15.4 Å². The van der Waals surface area contributed by atoms with Crippen LogP contribution in [0.5, 0.6) is 5.75 Å². The lowest BCUT2D eigenvalue weighted by Crippen LogP contribution is -2.56. The van der Waals surface area contributed by atoms with E-state index >= 15 is 0 Å². The van der Waals surface area contributed by atoms with Crippen molar-refractivity contribution in [3.8, 4) is 5.75 Å². The molecule has 1 aromatic carbocycles. The molecule has 6 nitrogen and oxygen atoms in total. The van der Waals surface area contributed by atoms with Crippen LogP contribution in [-0.4, -0.2) is 49.5 Å². The molecule has 0 radical (unpaired) electrons. The summed E-state index contributed by atoms with van der Waals surface area (Å²) < 4.78 is 5.30. The van der Waals surface area contributed by atoms with Gasteiger partial charge in [-0.15, -0.1) is 0 Å². The highest BCUT2D eigenvalue weighted by Crippen LogP contribution is 2.27. The average molecular weight is 345 g/mol. The second-order valence-electron chi connectivity index (χ2n) is 7.03. The van der Waals surface area contributed by atoms with Crippen LogP contribution < -0.4 is 15.4 Å². The second-order valence-corrected chi connectivity index (χ2v) is 7.03. The normalized spacial score (nSPS) is 20.9. The fourth-order valence-electron chi connectivity index (χ4n) is 3.27. The van der Waals surface area contributed by atoms with Crippen LogP contribution in [0.1, 0.15) is 30.4 Å². The molecule has 1 saturated heterocycles. The summed E-state index contributed by atoms with van der Waals surface area (Å²) in [6.45, 7) is 4.77. The van der Waals surface area contributed by atoms with Crippen molar-refractivity contribution in [3.05, 3.63) is 29.3 Å². The van der Waals surface area contributed by atoms with E-state index in [0.29, 0.717) is 19.0 Å². The minimum atomic E-state index is -0.407. The Morgan fingerprint density at radius 1 is 1.40 bits per heavy atom. The molecule has 0 aromatic heterocycles. The monoisotopic (exact) mass is 345 g/mol. The summed E-state index contributed by atoms with van der Waals surface area (Å²) in [4.78, 5) is 26.6. The van der Waals surface area contributed by atoms with E-state index in [0.717, 1.165) is 30.0 Å². The molecule has 0 unspecified atom stereocenters. The second kappa shape index (κ2) is 7.87. The first-order valence-corrected chi connectivity index (χ1v) is 8.99. The molecule has 0 bridgehead atoms. The molecular formula is C19H27N3O3. The smallest absolute Gasteiger partial charge is 0.237 e. The highest BCUT2D eigenvalue weighted by molar-refractivity contribution is 5.88. The van der Waals surface area contributed by atoms with E-state index in [1.807, 2.05) is 19.1 Å². The topological polar surface area (TPSA) is 70.7 Å². The highest BCUT2D eigenvalue weighted by Gasteiger charge is 2.32. The number of nitrogens with one attached hydrogen (secondary N) is 2. The number of hydrogen-bond acceptors (Lipinski definition) is 4. The van der Waals surface area contributed by atoms with Crippen LogP contribution in [0.3, 0.4) is 0 Å². The van der Waals surface area contributed by atoms with Crippen molar-refractivity contribution >= 4 is 11.8 Å². The summed E-state index contributed by atoms with van der Waals surface area (Å²) in [5, 5.41) is 5.84. The third-order valence-electron chi connectivity index (χ3n) is 4.95. The summed E-state index contributed by atoms with van der Waals surface area (Å²) in [5.74, 6) is 1.40. The van der Waals surface area contributed by atoms with Gasteiger partial charge in [-0.3, -0.25) is 14.5 Å². The molecule has 2 fully saturated rings. The number of aryl methyl sites for hydroxylation is 1. The van der Waals surface area contributed by atoms with Crippen LogP contribution >= 0.6 is 0 Å². The Morgan fingerprint density at radius 2 is 2.20 bits per heavy atom. The van der Waals surface area contributed by atoms with Gasteiger partial charge in [0.2, 0.25) is 11.8 Å². The predicted octanol–water partition coefficient (Wildman–Crippen LogP) is 1.22. The fraction of sp³-hybridized carbons (Fsp3) is 0.579. The molecule has 1 aliphatic heterocycles. The Balaban J connectivity index is 1.63. The van der Waals surface area contributed by atoms with Crippen molar-refractivity contribution in [3.63, 3.8) is 0 Å². The summed E-state index contributed by atoms with van der Waals surface area (Å²) in [6.07, 6.45) is 2.62. The van der Waals surface area contributed by atoms with Gasteiger partial charge >= 0.3 is 0 Å². The van der Waals surface area contributed by atoms with Crippen LogP contribution in [0.15, 0.2) is 18.2 Å². The highest BCUT2D eigenvalue weighted by atomic mass is 16.5. The van der Waals surface area contributed by atoms with Crippen LogP contribution in [-0.2, 0) is 16.1 Å². The van der Waals surface area contributed by atoms with Crippen LogP contribution in [0.2, 0.25) is 0 Å². The largest absolute Gasteiger partial charge is 0.496 e. The van der Waals surface area contributed by atoms with Gasteiger partial charge in [-0.25, -0.2) is 0 Å². The van der Waals surface area contributed by atoms with E-state index in [1.165, 1.54) is 12.8 Å². The maximum atomic E-state index is 12.3. The Kier molecular flexibility index (Phi) is 5.58. The number of benzene rings is 1. The molecule has 1 saturated carbocycles. The van der Waals surface area contributed by atoms with Gasteiger partial charge in [-0.2, -0.15) is 0 Å². The number of methoxy groups -OCH3 is 1. The van der Waals surface area contributed by atoms with Crippen LogP contribution in [0, 0.1) is 12.8 Å². The van der Waals surface area contributed by atoms with Crippen LogP contribution in [0.25, 0.3) is 0 Å². The van der Waals surface area contributed by atoms with Crippen molar-refractivity contribution in [1.29, 1.82) is 0 Å². The first-order chi connectivity index (χ1) is 12.1. The van der Waals surface area contributed by atoms with Crippen molar-refractivity contribution in [2.24, 2.45) is 5.92 Å². The summed E-state index contributed by atoms with van der Waals surface area (Å²) in [5.41, 5.74) is 2.19. The van der Waals surface area contributed by atoms with Gasteiger partial charge in [0.1, 0.15) is 5.75 Å². The van der Waals surface area contributed by atoms with E-state index in [1.54, 1.807) is 7.11 Å². The van der Waals surface area contributed by atoms with Gasteiger partial charge in [0.15, 0.2) is 0 Å². The Hall–Kier alpha value is -2.08. The average Bonchev–Trinajstić information content (AvgIpc) is 3.41. The van der Waals surface area contributed by atoms with Crippen molar-refractivity contribution in [2.75, 3.05) is 26.7 Å². The molecule has 6 heteroatoms. The van der Waals surface area contributed by atoms with Gasteiger partial charge in [-0.05, 0) is 42.9 Å². The van der Waals surface area contributed by atoms with Crippen LogP contribution in [0.4, 0.5) is 0 Å². The zero-order chi connectivity index (χ0) is 17.8. The third-order valence-corrected chi connectivity index (χ3v) is 4.95. The Bertz CT molecular complexity index is 643. The molecular weight excluding hydrogens is 318 g/mol. The molecule has 2 amide bonds. The van der Waals surface area contributed by atoms with Gasteiger partial charge in [0.25, 0.3) is 0 Å². The summed E-state index contributed by atoms with van der Waals surface area (Å²) in [7, 11) is 1.66. The van der Waals surface area contributed by atoms with E-state index in [9.17, 15) is 9.59 Å². The number of rotatable bonds is 7. The molecule has 1 aliphatic carbocycles. The molecule has 3 rings (SSSR count). The number of hydrogen-bond donors (Lipinski definition) is 2. The first kappa shape index (κ1) is 17.7. The van der Waals surface area contributed by atoms with Crippen molar-refractivity contribution < 1.29 is 14.3 Å². The predicted molar refractivity (Wildman–Crippen MR) is 95.3 cm³/mol. The first-order valence-electron chi connectivity index (χ1n) is 8.99. The van der Waals surface area contributed by atoms with E-state index in [4.69, 9.17) is 4.74 Å². The standard InChI is InChI=1S/C19H27N3O3/c1-13-9-15(5-6-17(13)25-2)12-22-8-7-20-19(24)16(22)10-18(23)21-11-14-3-4-14/h5-6,9,14,16H,3-4,7-8,10-12H2,1-2H3,(H,20,24)(H,21,23)/t16-/m1/s1. The van der Waals surface area contributed by atoms with Gasteiger partial charge in [0.05, 0.1) is 19.6 Å². The number of carbonyl (C=O) groups is 2. The maximum absolute atomic E-state index is 12.3. The zero-order valence-corrected chi connectivity index (χ0v) is 15.0. The minimum absolute atomic E-state index is 0.0372. The summed E-state index contributed by atoms with van der Waals surface area (Å²) >= 11 is 0. The number of piperazine rings is 1. The molecule has 136 valence electrons. The number of nitrogens with zero attached hydrogens (tertiary/aromatic N) is 1. The van der Waals surface area contributed by atoms with Gasteiger partial charge in [-0.1, -0.05) is 12.1 Å².